The summed E-state index contributed by atoms with van der Waals surface area (Å²) in [6.45, 7) is 3.94. The highest BCUT2D eigenvalue weighted by atomic mass is 32.1. The molecule has 0 fully saturated rings. The molecule has 1 aliphatic rings. The number of carbonyl (C=O) groups is 1. The molecule has 2 aromatic rings. The van der Waals surface area contributed by atoms with Crippen LogP contribution in [0, 0.1) is 13.8 Å². The van der Waals surface area contributed by atoms with Crippen LogP contribution >= 0.6 is 11.3 Å². The van der Waals surface area contributed by atoms with Gasteiger partial charge >= 0.3 is 0 Å². The van der Waals surface area contributed by atoms with Gasteiger partial charge in [0.05, 0.1) is 21.2 Å². The first-order chi connectivity index (χ1) is 8.65. The van der Waals surface area contributed by atoms with Gasteiger partial charge in [-0.15, -0.1) is 11.3 Å². The Labute approximate surface area is 109 Å². The SMILES string of the molecule is Cc1nc(C)c(/C=C2/C(=O)Nc3ccccc32)s1. The third kappa shape index (κ3) is 1.75. The Morgan fingerprint density at radius 1 is 1.28 bits per heavy atom. The van der Waals surface area contributed by atoms with Gasteiger partial charge in [-0.3, -0.25) is 4.79 Å². The van der Waals surface area contributed by atoms with Crippen LogP contribution in [0.4, 0.5) is 5.69 Å². The van der Waals surface area contributed by atoms with Crippen molar-refractivity contribution in [1.29, 1.82) is 0 Å². The lowest BCUT2D eigenvalue weighted by Crippen LogP contribution is -2.03. The monoisotopic (exact) mass is 256 g/mol. The fraction of sp³-hybridized carbons (Fsp3) is 0.143. The zero-order chi connectivity index (χ0) is 12.7. The van der Waals surface area contributed by atoms with E-state index in [2.05, 4.69) is 10.3 Å². The van der Waals surface area contributed by atoms with E-state index in [-0.39, 0.29) is 5.91 Å². The fourth-order valence-electron chi connectivity index (χ4n) is 2.09. The molecule has 90 valence electrons. The number of hydrogen-bond acceptors (Lipinski definition) is 3. The Morgan fingerprint density at radius 2 is 2.06 bits per heavy atom. The summed E-state index contributed by atoms with van der Waals surface area (Å²) in [7, 11) is 0. The Bertz CT molecular complexity index is 670. The molecule has 1 amide bonds. The van der Waals surface area contributed by atoms with Crippen molar-refractivity contribution in [2.75, 3.05) is 5.32 Å². The summed E-state index contributed by atoms with van der Waals surface area (Å²) in [5.41, 5.74) is 3.54. The van der Waals surface area contributed by atoms with E-state index < -0.39 is 0 Å². The van der Waals surface area contributed by atoms with Gasteiger partial charge in [-0.25, -0.2) is 4.98 Å². The van der Waals surface area contributed by atoms with Crippen LogP contribution in [0.3, 0.4) is 0 Å². The van der Waals surface area contributed by atoms with Gasteiger partial charge in [-0.05, 0) is 26.0 Å². The summed E-state index contributed by atoms with van der Waals surface area (Å²) in [6, 6.07) is 7.74. The van der Waals surface area contributed by atoms with Gasteiger partial charge in [-0.2, -0.15) is 0 Å². The molecule has 1 aliphatic heterocycles. The maximum atomic E-state index is 12.0. The molecule has 2 heterocycles. The molecule has 0 radical (unpaired) electrons. The molecular formula is C14H12N2OS. The van der Waals surface area contributed by atoms with Crippen molar-refractivity contribution in [3.8, 4) is 0 Å². The second-order valence-electron chi connectivity index (χ2n) is 4.24. The first kappa shape index (κ1) is 11.2. The van der Waals surface area contributed by atoms with Crippen LogP contribution in [0.5, 0.6) is 0 Å². The summed E-state index contributed by atoms with van der Waals surface area (Å²) in [5.74, 6) is -0.0401. The molecule has 0 saturated carbocycles. The number of nitrogens with zero attached hydrogens (tertiary/aromatic N) is 1. The Kier molecular flexibility index (Phi) is 2.52. The molecule has 0 aliphatic carbocycles. The van der Waals surface area contributed by atoms with E-state index in [4.69, 9.17) is 0 Å². The lowest BCUT2D eigenvalue weighted by Gasteiger charge is -1.96. The normalized spacial score (nSPS) is 15.9. The predicted molar refractivity (Wildman–Crippen MR) is 74.5 cm³/mol. The average Bonchev–Trinajstić information content (AvgIpc) is 2.81. The zero-order valence-corrected chi connectivity index (χ0v) is 11.0. The van der Waals surface area contributed by atoms with Crippen LogP contribution < -0.4 is 5.32 Å². The lowest BCUT2D eigenvalue weighted by molar-refractivity contribution is -0.110. The number of rotatable bonds is 1. The van der Waals surface area contributed by atoms with E-state index >= 15 is 0 Å². The second-order valence-corrected chi connectivity index (χ2v) is 5.48. The zero-order valence-electron chi connectivity index (χ0n) is 10.2. The quantitative estimate of drug-likeness (QED) is 0.796. The number of carbonyl (C=O) groups excluding carboxylic acids is 1. The smallest absolute Gasteiger partial charge is 0.256 e. The van der Waals surface area contributed by atoms with Crippen LogP contribution in [0.1, 0.15) is 21.1 Å². The average molecular weight is 256 g/mol. The number of benzene rings is 1. The van der Waals surface area contributed by atoms with Gasteiger partial charge in [0.25, 0.3) is 5.91 Å². The Morgan fingerprint density at radius 3 is 2.78 bits per heavy atom. The Hall–Kier alpha value is -1.94. The fourth-order valence-corrected chi connectivity index (χ4v) is 2.97. The molecule has 3 nitrogen and oxygen atoms in total. The Balaban J connectivity index is 2.12. The first-order valence-corrected chi connectivity index (χ1v) is 6.53. The molecule has 4 heteroatoms. The van der Waals surface area contributed by atoms with Crippen LogP contribution in [0.15, 0.2) is 24.3 Å². The number of aromatic nitrogens is 1. The van der Waals surface area contributed by atoms with Crippen LogP contribution in [0.2, 0.25) is 0 Å². The number of nitrogens with one attached hydrogen (secondary N) is 1. The summed E-state index contributed by atoms with van der Waals surface area (Å²) in [5, 5.41) is 3.89. The summed E-state index contributed by atoms with van der Waals surface area (Å²) >= 11 is 1.61. The number of anilines is 1. The highest BCUT2D eigenvalue weighted by Gasteiger charge is 2.23. The minimum atomic E-state index is -0.0401. The molecule has 0 saturated heterocycles. The number of fused-ring (bicyclic) bond motifs is 1. The largest absolute Gasteiger partial charge is 0.321 e. The van der Waals surface area contributed by atoms with Gasteiger partial charge in [-0.1, -0.05) is 18.2 Å². The molecule has 1 aromatic heterocycles. The van der Waals surface area contributed by atoms with E-state index in [9.17, 15) is 4.79 Å². The summed E-state index contributed by atoms with van der Waals surface area (Å²) < 4.78 is 0. The van der Waals surface area contributed by atoms with Crippen molar-refractivity contribution >= 4 is 34.6 Å². The second kappa shape index (κ2) is 4.07. The first-order valence-electron chi connectivity index (χ1n) is 5.71. The van der Waals surface area contributed by atoms with E-state index in [0.717, 1.165) is 32.4 Å². The third-order valence-corrected chi connectivity index (χ3v) is 3.94. The third-order valence-electron chi connectivity index (χ3n) is 2.92. The highest BCUT2D eigenvalue weighted by molar-refractivity contribution is 7.12. The maximum absolute atomic E-state index is 12.0. The molecule has 0 unspecified atom stereocenters. The molecule has 3 rings (SSSR count). The summed E-state index contributed by atoms with van der Waals surface area (Å²) in [6.07, 6.45) is 1.93. The van der Waals surface area contributed by atoms with Crippen molar-refractivity contribution in [2.45, 2.75) is 13.8 Å². The molecule has 0 spiro atoms. The van der Waals surface area contributed by atoms with Crippen molar-refractivity contribution in [2.24, 2.45) is 0 Å². The van der Waals surface area contributed by atoms with Gasteiger partial charge in [0.15, 0.2) is 0 Å². The molecular weight excluding hydrogens is 244 g/mol. The number of hydrogen-bond donors (Lipinski definition) is 1. The van der Waals surface area contributed by atoms with E-state index in [1.807, 2.05) is 44.2 Å². The maximum Gasteiger partial charge on any atom is 0.256 e. The van der Waals surface area contributed by atoms with Gasteiger partial charge < -0.3 is 5.32 Å². The molecule has 0 bridgehead atoms. The molecule has 1 N–H and O–H groups in total. The predicted octanol–water partition coefficient (Wildman–Crippen LogP) is 3.25. The van der Waals surface area contributed by atoms with Crippen molar-refractivity contribution in [1.82, 2.24) is 4.98 Å². The summed E-state index contributed by atoms with van der Waals surface area (Å²) in [4.78, 5) is 17.4. The molecule has 0 atom stereocenters. The number of aryl methyl sites for hydroxylation is 2. The molecule has 18 heavy (non-hydrogen) atoms. The minimum absolute atomic E-state index is 0.0401. The van der Waals surface area contributed by atoms with Crippen LogP contribution in [0.25, 0.3) is 11.6 Å². The molecule has 1 aromatic carbocycles. The standard InChI is InChI=1S/C14H12N2OS/c1-8-13(18-9(2)15-8)7-11-10-5-3-4-6-12(10)16-14(11)17/h3-7H,1-2H3,(H,16,17)/b11-7+. The van der Waals surface area contributed by atoms with Gasteiger partial charge in [0.1, 0.15) is 0 Å². The van der Waals surface area contributed by atoms with Crippen molar-refractivity contribution in [3.63, 3.8) is 0 Å². The van der Waals surface area contributed by atoms with E-state index in [1.165, 1.54) is 0 Å². The number of thiazole rings is 1. The van der Waals surface area contributed by atoms with Crippen LogP contribution in [-0.4, -0.2) is 10.9 Å². The topological polar surface area (TPSA) is 42.0 Å². The lowest BCUT2D eigenvalue weighted by atomic mass is 10.1. The van der Waals surface area contributed by atoms with Crippen LogP contribution in [-0.2, 0) is 4.79 Å². The van der Waals surface area contributed by atoms with Crippen molar-refractivity contribution in [3.05, 3.63) is 45.4 Å². The number of amides is 1. The van der Waals surface area contributed by atoms with Gasteiger partial charge in [0.2, 0.25) is 0 Å². The number of para-hydroxylation sites is 1. The highest BCUT2D eigenvalue weighted by Crippen LogP contribution is 2.34. The van der Waals surface area contributed by atoms with E-state index in [0.29, 0.717) is 0 Å². The van der Waals surface area contributed by atoms with Gasteiger partial charge in [0, 0.05) is 11.3 Å². The van der Waals surface area contributed by atoms with Crippen molar-refractivity contribution < 1.29 is 4.79 Å². The minimum Gasteiger partial charge on any atom is -0.321 e. The van der Waals surface area contributed by atoms with E-state index in [1.54, 1.807) is 11.3 Å².